The standard InChI is InChI=1S/C16H13BrClNO/c1-20-16-5-2-11(8-14(16)17)10-19-7-6-12-3-4-13(18)9-15(12)19/h2-9H,10H2,1H3. The number of hydrogen-bond donors (Lipinski definition) is 0. The van der Waals surface area contributed by atoms with Crippen molar-refractivity contribution in [3.63, 3.8) is 0 Å². The van der Waals surface area contributed by atoms with Crippen LogP contribution in [0.25, 0.3) is 10.9 Å². The molecule has 1 aromatic heterocycles. The molecule has 2 aromatic carbocycles. The van der Waals surface area contributed by atoms with E-state index in [2.05, 4.69) is 44.9 Å². The van der Waals surface area contributed by atoms with E-state index < -0.39 is 0 Å². The van der Waals surface area contributed by atoms with Crippen LogP contribution in [0.5, 0.6) is 5.75 Å². The van der Waals surface area contributed by atoms with E-state index in [1.807, 2.05) is 24.3 Å². The Morgan fingerprint density at radius 2 is 2.00 bits per heavy atom. The fourth-order valence-electron chi connectivity index (χ4n) is 2.30. The molecule has 102 valence electrons. The topological polar surface area (TPSA) is 14.2 Å². The first-order valence-corrected chi connectivity index (χ1v) is 7.41. The van der Waals surface area contributed by atoms with E-state index >= 15 is 0 Å². The Kier molecular flexibility index (Phi) is 3.72. The van der Waals surface area contributed by atoms with Crippen molar-refractivity contribution in [1.29, 1.82) is 0 Å². The molecule has 0 aliphatic rings. The number of ether oxygens (including phenoxy) is 1. The maximum absolute atomic E-state index is 6.08. The van der Waals surface area contributed by atoms with Gasteiger partial charge in [-0.1, -0.05) is 23.7 Å². The van der Waals surface area contributed by atoms with Crippen LogP contribution in [0.15, 0.2) is 53.1 Å². The SMILES string of the molecule is COc1ccc(Cn2ccc3ccc(Cl)cc32)cc1Br. The Labute approximate surface area is 131 Å². The first-order valence-electron chi connectivity index (χ1n) is 6.24. The Morgan fingerprint density at radius 1 is 1.15 bits per heavy atom. The van der Waals surface area contributed by atoms with Crippen molar-refractivity contribution in [2.45, 2.75) is 6.54 Å². The van der Waals surface area contributed by atoms with Crippen LogP contribution in [-0.2, 0) is 6.54 Å². The third kappa shape index (κ3) is 2.56. The lowest BCUT2D eigenvalue weighted by molar-refractivity contribution is 0.412. The summed E-state index contributed by atoms with van der Waals surface area (Å²) in [6.45, 7) is 0.798. The summed E-state index contributed by atoms with van der Waals surface area (Å²) in [5.41, 5.74) is 2.35. The van der Waals surface area contributed by atoms with Gasteiger partial charge in [0.25, 0.3) is 0 Å². The number of hydrogen-bond acceptors (Lipinski definition) is 1. The predicted molar refractivity (Wildman–Crippen MR) is 86.7 cm³/mol. The number of halogens is 2. The zero-order valence-electron chi connectivity index (χ0n) is 10.9. The molecular formula is C16H13BrClNO. The molecule has 0 aliphatic heterocycles. The van der Waals surface area contributed by atoms with Gasteiger partial charge in [-0.3, -0.25) is 0 Å². The van der Waals surface area contributed by atoms with Crippen molar-refractivity contribution in [3.05, 3.63) is 63.7 Å². The second-order valence-electron chi connectivity index (χ2n) is 4.62. The fraction of sp³-hybridized carbons (Fsp3) is 0.125. The van der Waals surface area contributed by atoms with E-state index in [-0.39, 0.29) is 0 Å². The molecule has 0 saturated heterocycles. The molecule has 0 fully saturated rings. The Bertz CT molecular complexity index is 766. The maximum atomic E-state index is 6.08. The highest BCUT2D eigenvalue weighted by Gasteiger charge is 2.05. The van der Waals surface area contributed by atoms with Gasteiger partial charge in [-0.25, -0.2) is 0 Å². The largest absolute Gasteiger partial charge is 0.496 e. The van der Waals surface area contributed by atoms with Crippen LogP contribution in [0.2, 0.25) is 5.02 Å². The van der Waals surface area contributed by atoms with Crippen LogP contribution < -0.4 is 4.74 Å². The fourth-order valence-corrected chi connectivity index (χ4v) is 3.05. The first kappa shape index (κ1) is 13.5. The van der Waals surface area contributed by atoms with Gasteiger partial charge in [-0.05, 0) is 57.2 Å². The van der Waals surface area contributed by atoms with Crippen molar-refractivity contribution in [2.75, 3.05) is 7.11 Å². The van der Waals surface area contributed by atoms with E-state index in [1.54, 1.807) is 7.11 Å². The minimum absolute atomic E-state index is 0.758. The molecule has 0 N–H and O–H groups in total. The maximum Gasteiger partial charge on any atom is 0.133 e. The highest BCUT2D eigenvalue weighted by Crippen LogP contribution is 2.27. The van der Waals surface area contributed by atoms with Gasteiger partial charge < -0.3 is 9.30 Å². The Balaban J connectivity index is 1.97. The van der Waals surface area contributed by atoms with Crippen molar-refractivity contribution in [3.8, 4) is 5.75 Å². The molecule has 1 heterocycles. The molecule has 4 heteroatoms. The normalized spacial score (nSPS) is 10.9. The molecule has 0 aliphatic carbocycles. The van der Waals surface area contributed by atoms with E-state index in [0.717, 1.165) is 27.3 Å². The lowest BCUT2D eigenvalue weighted by Crippen LogP contribution is -1.98. The summed E-state index contributed by atoms with van der Waals surface area (Å²) in [7, 11) is 1.67. The van der Waals surface area contributed by atoms with Crippen molar-refractivity contribution in [2.24, 2.45) is 0 Å². The summed E-state index contributed by atoms with van der Waals surface area (Å²) in [6, 6.07) is 14.2. The zero-order chi connectivity index (χ0) is 14.1. The number of aromatic nitrogens is 1. The number of fused-ring (bicyclic) bond motifs is 1. The van der Waals surface area contributed by atoms with Crippen LogP contribution in [0.1, 0.15) is 5.56 Å². The van der Waals surface area contributed by atoms with E-state index in [0.29, 0.717) is 0 Å². The van der Waals surface area contributed by atoms with Gasteiger partial charge in [0.05, 0.1) is 11.6 Å². The molecule has 0 spiro atoms. The summed E-state index contributed by atoms with van der Waals surface area (Å²) in [4.78, 5) is 0. The van der Waals surface area contributed by atoms with Crippen LogP contribution in [0.4, 0.5) is 0 Å². The van der Waals surface area contributed by atoms with Gasteiger partial charge in [-0.15, -0.1) is 0 Å². The molecule has 20 heavy (non-hydrogen) atoms. The third-order valence-corrected chi connectivity index (χ3v) is 4.16. The number of nitrogens with zero attached hydrogens (tertiary/aromatic N) is 1. The number of rotatable bonds is 3. The minimum Gasteiger partial charge on any atom is -0.496 e. The third-order valence-electron chi connectivity index (χ3n) is 3.31. The van der Waals surface area contributed by atoms with Gasteiger partial charge >= 0.3 is 0 Å². The summed E-state index contributed by atoms with van der Waals surface area (Å²) in [5.74, 6) is 0.842. The van der Waals surface area contributed by atoms with E-state index in [9.17, 15) is 0 Å². The lowest BCUT2D eigenvalue weighted by Gasteiger charge is -2.09. The van der Waals surface area contributed by atoms with Crippen LogP contribution in [0, 0.1) is 0 Å². The van der Waals surface area contributed by atoms with Crippen molar-refractivity contribution >= 4 is 38.4 Å². The summed E-state index contributed by atoms with van der Waals surface area (Å²) in [5, 5.41) is 1.95. The summed E-state index contributed by atoms with van der Waals surface area (Å²) >= 11 is 9.60. The molecule has 0 atom stereocenters. The van der Waals surface area contributed by atoms with Crippen LogP contribution in [0.3, 0.4) is 0 Å². The Morgan fingerprint density at radius 3 is 2.75 bits per heavy atom. The number of methoxy groups -OCH3 is 1. The van der Waals surface area contributed by atoms with E-state index in [1.165, 1.54) is 10.9 Å². The quantitative estimate of drug-likeness (QED) is 0.640. The predicted octanol–water partition coefficient (Wildman–Crippen LogP) is 5.11. The monoisotopic (exact) mass is 349 g/mol. The number of benzene rings is 2. The molecule has 3 rings (SSSR count). The highest BCUT2D eigenvalue weighted by molar-refractivity contribution is 9.10. The molecule has 0 amide bonds. The van der Waals surface area contributed by atoms with Gasteiger partial charge in [0, 0.05) is 23.3 Å². The average Bonchev–Trinajstić information content (AvgIpc) is 2.82. The molecular weight excluding hydrogens is 338 g/mol. The molecule has 0 unspecified atom stereocenters. The van der Waals surface area contributed by atoms with Crippen LogP contribution >= 0.6 is 27.5 Å². The highest BCUT2D eigenvalue weighted by atomic mass is 79.9. The van der Waals surface area contributed by atoms with Crippen LogP contribution in [-0.4, -0.2) is 11.7 Å². The van der Waals surface area contributed by atoms with Gasteiger partial charge in [-0.2, -0.15) is 0 Å². The van der Waals surface area contributed by atoms with Gasteiger partial charge in [0.15, 0.2) is 0 Å². The second kappa shape index (κ2) is 5.51. The molecule has 0 bridgehead atoms. The molecule has 2 nitrogen and oxygen atoms in total. The average molecular weight is 351 g/mol. The van der Waals surface area contributed by atoms with Gasteiger partial charge in [0.1, 0.15) is 5.75 Å². The molecule has 0 radical (unpaired) electrons. The summed E-state index contributed by atoms with van der Waals surface area (Å²) < 4.78 is 8.40. The Hall–Kier alpha value is -1.45. The van der Waals surface area contributed by atoms with E-state index in [4.69, 9.17) is 16.3 Å². The second-order valence-corrected chi connectivity index (χ2v) is 5.91. The summed E-state index contributed by atoms with van der Waals surface area (Å²) in [6.07, 6.45) is 2.08. The first-order chi connectivity index (χ1) is 9.67. The minimum atomic E-state index is 0.758. The smallest absolute Gasteiger partial charge is 0.133 e. The van der Waals surface area contributed by atoms with Gasteiger partial charge in [0.2, 0.25) is 0 Å². The van der Waals surface area contributed by atoms with Crippen molar-refractivity contribution in [1.82, 2.24) is 4.57 Å². The van der Waals surface area contributed by atoms with Crippen molar-refractivity contribution < 1.29 is 4.74 Å². The molecule has 0 saturated carbocycles. The molecule has 3 aromatic rings. The zero-order valence-corrected chi connectivity index (χ0v) is 13.3. The lowest BCUT2D eigenvalue weighted by atomic mass is 10.2.